The van der Waals surface area contributed by atoms with Crippen LogP contribution in [0.15, 0.2) is 16.8 Å². The minimum absolute atomic E-state index is 0.462. The quantitative estimate of drug-likeness (QED) is 0.705. The molecule has 0 radical (unpaired) electrons. The molecule has 2 atom stereocenters. The average molecular weight is 207 g/mol. The van der Waals surface area contributed by atoms with E-state index in [1.165, 1.54) is 18.5 Å². The molecular weight excluding hydrogens is 194 g/mol. The normalized spacial score (nSPS) is 31.1. The number of hydrogen-bond donors (Lipinski definition) is 0. The number of carbonyl (C=O) groups excluding carboxylic acids is 1. The third-order valence-electron chi connectivity index (χ3n) is 3.35. The van der Waals surface area contributed by atoms with Crippen LogP contribution in [0.2, 0.25) is 0 Å². The smallest absolute Gasteiger partial charge is 0.137 e. The first-order valence-corrected chi connectivity index (χ1v) is 6.11. The van der Waals surface area contributed by atoms with E-state index < -0.39 is 0 Å². The van der Waals surface area contributed by atoms with Crippen molar-refractivity contribution in [1.29, 1.82) is 0 Å². The molecule has 14 heavy (non-hydrogen) atoms. The van der Waals surface area contributed by atoms with Gasteiger partial charge in [-0.15, -0.1) is 0 Å². The molecule has 2 unspecified atom stereocenters. The van der Waals surface area contributed by atoms with Crippen LogP contribution >= 0.6 is 11.3 Å². The second-order valence-electron chi connectivity index (χ2n) is 4.22. The molecule has 3 heterocycles. The van der Waals surface area contributed by atoms with Crippen molar-refractivity contribution in [2.24, 2.45) is 0 Å². The Morgan fingerprint density at radius 1 is 1.29 bits per heavy atom. The molecule has 3 heteroatoms. The molecule has 2 nitrogen and oxygen atoms in total. The molecule has 2 fully saturated rings. The maximum Gasteiger partial charge on any atom is 0.137 e. The van der Waals surface area contributed by atoms with E-state index in [1.54, 1.807) is 11.3 Å². The predicted octanol–water partition coefficient (Wildman–Crippen LogP) is 2.45. The van der Waals surface area contributed by atoms with Gasteiger partial charge in [-0.1, -0.05) is 0 Å². The van der Waals surface area contributed by atoms with Crippen molar-refractivity contribution in [2.45, 2.75) is 37.8 Å². The van der Waals surface area contributed by atoms with Gasteiger partial charge in [0.1, 0.15) is 5.78 Å². The number of thiophene rings is 1. The third kappa shape index (κ3) is 1.19. The zero-order valence-electron chi connectivity index (χ0n) is 7.98. The lowest BCUT2D eigenvalue weighted by Crippen LogP contribution is -2.42. The summed E-state index contributed by atoms with van der Waals surface area (Å²) in [6, 6.07) is 3.16. The largest absolute Gasteiger partial charge is 0.364 e. The molecule has 1 aromatic rings. The van der Waals surface area contributed by atoms with Gasteiger partial charge in [0, 0.05) is 36.0 Å². The van der Waals surface area contributed by atoms with Crippen molar-refractivity contribution < 1.29 is 4.79 Å². The van der Waals surface area contributed by atoms with E-state index in [9.17, 15) is 4.79 Å². The van der Waals surface area contributed by atoms with Crippen molar-refractivity contribution in [3.63, 3.8) is 0 Å². The van der Waals surface area contributed by atoms with Gasteiger partial charge in [0.05, 0.1) is 0 Å². The van der Waals surface area contributed by atoms with Gasteiger partial charge in [-0.3, -0.25) is 4.79 Å². The SMILES string of the molecule is O=C1CC2CCC(C1)N2c1ccsc1. The number of fused-ring (bicyclic) bond motifs is 2. The molecule has 1 aromatic heterocycles. The van der Waals surface area contributed by atoms with Crippen molar-refractivity contribution >= 4 is 22.8 Å². The van der Waals surface area contributed by atoms with E-state index in [4.69, 9.17) is 0 Å². The average Bonchev–Trinajstić information content (AvgIpc) is 2.72. The highest BCUT2D eigenvalue weighted by molar-refractivity contribution is 7.08. The second-order valence-corrected chi connectivity index (χ2v) is 5.00. The first-order valence-electron chi connectivity index (χ1n) is 5.17. The molecule has 0 spiro atoms. The maximum atomic E-state index is 11.4. The Morgan fingerprint density at radius 2 is 2.00 bits per heavy atom. The fraction of sp³-hybridized carbons (Fsp3) is 0.545. The molecule has 0 saturated carbocycles. The third-order valence-corrected chi connectivity index (χ3v) is 4.02. The predicted molar refractivity (Wildman–Crippen MR) is 57.8 cm³/mol. The van der Waals surface area contributed by atoms with Crippen LogP contribution in [-0.2, 0) is 4.79 Å². The lowest BCUT2D eigenvalue weighted by molar-refractivity contribution is -0.120. The molecule has 2 bridgehead atoms. The first kappa shape index (κ1) is 8.48. The summed E-state index contributed by atoms with van der Waals surface area (Å²) in [5.74, 6) is 0.462. The number of anilines is 1. The number of hydrogen-bond acceptors (Lipinski definition) is 3. The van der Waals surface area contributed by atoms with Gasteiger partial charge in [0.2, 0.25) is 0 Å². The Bertz CT molecular complexity index is 330. The lowest BCUT2D eigenvalue weighted by Gasteiger charge is -2.35. The van der Waals surface area contributed by atoms with Gasteiger partial charge in [0.15, 0.2) is 0 Å². The number of nitrogens with zero attached hydrogens (tertiary/aromatic N) is 1. The van der Waals surface area contributed by atoms with Crippen molar-refractivity contribution in [3.8, 4) is 0 Å². The minimum Gasteiger partial charge on any atom is -0.364 e. The second kappa shape index (κ2) is 3.09. The fourth-order valence-corrected chi connectivity index (χ4v) is 3.43. The molecular formula is C11H13NOS. The Labute approximate surface area is 87.5 Å². The number of ketones is 1. The van der Waals surface area contributed by atoms with E-state index in [1.807, 2.05) is 0 Å². The van der Waals surface area contributed by atoms with Crippen LogP contribution in [0.5, 0.6) is 0 Å². The number of Topliss-reactive ketones (excluding diaryl/α,β-unsaturated/α-hetero) is 1. The molecule has 3 rings (SSSR count). The van der Waals surface area contributed by atoms with Crippen LogP contribution in [0.1, 0.15) is 25.7 Å². The van der Waals surface area contributed by atoms with Crippen molar-refractivity contribution in [1.82, 2.24) is 0 Å². The van der Waals surface area contributed by atoms with E-state index in [2.05, 4.69) is 21.7 Å². The van der Waals surface area contributed by atoms with Gasteiger partial charge in [-0.05, 0) is 24.3 Å². The van der Waals surface area contributed by atoms with Gasteiger partial charge in [-0.2, -0.15) is 11.3 Å². The highest BCUT2D eigenvalue weighted by Gasteiger charge is 2.40. The maximum absolute atomic E-state index is 11.4. The highest BCUT2D eigenvalue weighted by Crippen LogP contribution is 2.38. The van der Waals surface area contributed by atoms with Crippen LogP contribution < -0.4 is 4.90 Å². The van der Waals surface area contributed by atoms with Crippen LogP contribution in [0.4, 0.5) is 5.69 Å². The number of rotatable bonds is 1. The van der Waals surface area contributed by atoms with E-state index in [-0.39, 0.29) is 0 Å². The van der Waals surface area contributed by atoms with Crippen LogP contribution in [0.3, 0.4) is 0 Å². The zero-order chi connectivity index (χ0) is 9.54. The molecule has 0 amide bonds. The molecule has 74 valence electrons. The molecule has 0 N–H and O–H groups in total. The van der Waals surface area contributed by atoms with Crippen LogP contribution in [-0.4, -0.2) is 17.9 Å². The lowest BCUT2D eigenvalue weighted by atomic mass is 10.0. The molecule has 0 aliphatic carbocycles. The van der Waals surface area contributed by atoms with Gasteiger partial charge >= 0.3 is 0 Å². The Balaban J connectivity index is 1.92. The number of carbonyl (C=O) groups is 1. The summed E-state index contributed by atoms with van der Waals surface area (Å²) in [5.41, 5.74) is 1.33. The fourth-order valence-electron chi connectivity index (χ4n) is 2.80. The summed E-state index contributed by atoms with van der Waals surface area (Å²) in [4.78, 5) is 13.9. The summed E-state index contributed by atoms with van der Waals surface area (Å²) < 4.78 is 0. The van der Waals surface area contributed by atoms with Gasteiger partial charge < -0.3 is 4.90 Å². The van der Waals surface area contributed by atoms with Crippen molar-refractivity contribution in [3.05, 3.63) is 16.8 Å². The van der Waals surface area contributed by atoms with E-state index >= 15 is 0 Å². The van der Waals surface area contributed by atoms with E-state index in [0.717, 1.165) is 12.8 Å². The van der Waals surface area contributed by atoms with Crippen molar-refractivity contribution in [2.75, 3.05) is 4.90 Å². The zero-order valence-corrected chi connectivity index (χ0v) is 8.80. The Hall–Kier alpha value is -0.830. The Morgan fingerprint density at radius 3 is 2.57 bits per heavy atom. The highest BCUT2D eigenvalue weighted by atomic mass is 32.1. The summed E-state index contributed by atoms with van der Waals surface area (Å²) in [6.07, 6.45) is 3.94. The first-order chi connectivity index (χ1) is 6.84. The minimum atomic E-state index is 0.462. The summed E-state index contributed by atoms with van der Waals surface area (Å²) >= 11 is 1.74. The summed E-state index contributed by atoms with van der Waals surface area (Å²) in [5, 5.41) is 4.31. The standard InChI is InChI=1S/C11H13NOS/c13-11-5-8-1-2-9(6-11)12(8)10-3-4-14-7-10/h3-4,7-9H,1-2,5-6H2. The van der Waals surface area contributed by atoms with E-state index in [0.29, 0.717) is 17.9 Å². The monoisotopic (exact) mass is 207 g/mol. The molecule has 0 aromatic carbocycles. The Kier molecular flexibility index (Phi) is 1.87. The molecule has 2 aliphatic rings. The molecule has 2 aliphatic heterocycles. The topological polar surface area (TPSA) is 20.3 Å². The van der Waals surface area contributed by atoms with Gasteiger partial charge in [-0.25, -0.2) is 0 Å². The number of piperidine rings is 1. The molecule has 2 saturated heterocycles. The summed E-state index contributed by atoms with van der Waals surface area (Å²) in [7, 11) is 0. The van der Waals surface area contributed by atoms with Crippen LogP contribution in [0, 0.1) is 0 Å². The van der Waals surface area contributed by atoms with Gasteiger partial charge in [0.25, 0.3) is 0 Å². The summed E-state index contributed by atoms with van der Waals surface area (Å²) in [6.45, 7) is 0. The van der Waals surface area contributed by atoms with Crippen LogP contribution in [0.25, 0.3) is 0 Å².